The summed E-state index contributed by atoms with van der Waals surface area (Å²) in [4.78, 5) is 28.5. The Bertz CT molecular complexity index is 977. The zero-order valence-corrected chi connectivity index (χ0v) is 16.2. The van der Waals surface area contributed by atoms with Gasteiger partial charge in [0.15, 0.2) is 10.9 Å². The van der Waals surface area contributed by atoms with Crippen LogP contribution in [0.5, 0.6) is 5.75 Å². The van der Waals surface area contributed by atoms with E-state index in [1.807, 2.05) is 36.6 Å². The van der Waals surface area contributed by atoms with Crippen LogP contribution in [-0.2, 0) is 11.2 Å². The second-order valence-corrected chi connectivity index (χ2v) is 7.07. The summed E-state index contributed by atoms with van der Waals surface area (Å²) in [5, 5.41) is 5.27. The highest BCUT2D eigenvalue weighted by molar-refractivity contribution is 7.14. The molecule has 3 rings (SSSR count). The van der Waals surface area contributed by atoms with Gasteiger partial charge in [-0.25, -0.2) is 4.98 Å². The van der Waals surface area contributed by atoms with Crippen LogP contribution in [0, 0.1) is 6.92 Å². The fraction of sp³-hybridized carbons (Fsp3) is 0.190. The number of amides is 1. The molecule has 0 aliphatic rings. The predicted octanol–water partition coefficient (Wildman–Crippen LogP) is 4.51. The highest BCUT2D eigenvalue weighted by atomic mass is 32.1. The van der Waals surface area contributed by atoms with E-state index in [1.165, 1.54) is 23.8 Å². The van der Waals surface area contributed by atoms with E-state index in [2.05, 4.69) is 10.3 Å². The zero-order chi connectivity index (χ0) is 19.4. The number of hydrogen-bond donors (Lipinski definition) is 1. The van der Waals surface area contributed by atoms with E-state index in [1.54, 1.807) is 25.3 Å². The molecule has 0 saturated carbocycles. The van der Waals surface area contributed by atoms with Gasteiger partial charge in [0.25, 0.3) is 0 Å². The molecule has 0 bridgehead atoms. The number of nitrogens with zero attached hydrogens (tertiary/aromatic N) is 1. The fourth-order valence-corrected chi connectivity index (χ4v) is 3.40. The number of methoxy groups -OCH3 is 1. The highest BCUT2D eigenvalue weighted by Crippen LogP contribution is 2.26. The second kappa shape index (κ2) is 8.14. The molecule has 0 aliphatic heterocycles. The lowest BCUT2D eigenvalue weighted by Crippen LogP contribution is -2.15. The maximum absolute atomic E-state index is 12.4. The van der Waals surface area contributed by atoms with Crippen LogP contribution in [0.3, 0.4) is 0 Å². The molecule has 1 heterocycles. The van der Waals surface area contributed by atoms with Crippen LogP contribution in [-0.4, -0.2) is 23.8 Å². The maximum atomic E-state index is 12.4. The van der Waals surface area contributed by atoms with Crippen LogP contribution in [0.25, 0.3) is 11.3 Å². The van der Waals surface area contributed by atoms with Gasteiger partial charge >= 0.3 is 0 Å². The number of ether oxygens (including phenoxy) is 1. The van der Waals surface area contributed by atoms with Gasteiger partial charge < -0.3 is 10.1 Å². The van der Waals surface area contributed by atoms with Crippen molar-refractivity contribution in [2.45, 2.75) is 20.3 Å². The Morgan fingerprint density at radius 2 is 1.89 bits per heavy atom. The van der Waals surface area contributed by atoms with Crippen molar-refractivity contribution in [1.29, 1.82) is 0 Å². The normalized spacial score (nSPS) is 10.5. The molecule has 6 heteroatoms. The lowest BCUT2D eigenvalue weighted by molar-refractivity contribution is -0.115. The summed E-state index contributed by atoms with van der Waals surface area (Å²) in [6.45, 7) is 3.53. The van der Waals surface area contributed by atoms with Crippen LogP contribution in [0.15, 0.2) is 47.8 Å². The van der Waals surface area contributed by atoms with Gasteiger partial charge in [-0.05, 0) is 32.0 Å². The number of anilines is 1. The van der Waals surface area contributed by atoms with Crippen LogP contribution in [0.2, 0.25) is 0 Å². The van der Waals surface area contributed by atoms with E-state index in [4.69, 9.17) is 4.74 Å². The van der Waals surface area contributed by atoms with Crippen molar-refractivity contribution in [2.24, 2.45) is 0 Å². The third kappa shape index (κ3) is 4.60. The minimum Gasteiger partial charge on any atom is -0.496 e. The first-order chi connectivity index (χ1) is 13.0. The first-order valence-electron chi connectivity index (χ1n) is 8.46. The van der Waals surface area contributed by atoms with E-state index < -0.39 is 0 Å². The molecule has 2 aromatic carbocycles. The molecule has 0 fully saturated rings. The number of hydrogen-bond acceptors (Lipinski definition) is 5. The summed E-state index contributed by atoms with van der Waals surface area (Å²) < 4.78 is 5.30. The van der Waals surface area contributed by atoms with Gasteiger partial charge in [-0.2, -0.15) is 0 Å². The monoisotopic (exact) mass is 380 g/mol. The van der Waals surface area contributed by atoms with Gasteiger partial charge in [-0.3, -0.25) is 9.59 Å². The minimum atomic E-state index is -0.209. The van der Waals surface area contributed by atoms with Crippen LogP contribution < -0.4 is 10.1 Å². The summed E-state index contributed by atoms with van der Waals surface area (Å²) in [5.41, 5.74) is 4.23. The van der Waals surface area contributed by atoms with Crippen molar-refractivity contribution in [1.82, 2.24) is 4.98 Å². The number of thiazole rings is 1. The molecule has 5 nitrogen and oxygen atoms in total. The third-order valence-electron chi connectivity index (χ3n) is 4.14. The number of benzene rings is 2. The largest absolute Gasteiger partial charge is 0.496 e. The Labute approximate surface area is 162 Å². The minimum absolute atomic E-state index is 0.0537. The van der Waals surface area contributed by atoms with Crippen LogP contribution in [0.1, 0.15) is 28.4 Å². The van der Waals surface area contributed by atoms with Gasteiger partial charge in [0.2, 0.25) is 5.91 Å². The topological polar surface area (TPSA) is 68.3 Å². The van der Waals surface area contributed by atoms with E-state index in [0.29, 0.717) is 22.0 Å². The molecule has 0 aliphatic carbocycles. The second-order valence-electron chi connectivity index (χ2n) is 6.21. The fourth-order valence-electron chi connectivity index (χ4n) is 2.66. The number of rotatable bonds is 6. The van der Waals surface area contributed by atoms with Crippen molar-refractivity contribution in [3.8, 4) is 17.0 Å². The van der Waals surface area contributed by atoms with E-state index >= 15 is 0 Å². The van der Waals surface area contributed by atoms with E-state index in [9.17, 15) is 9.59 Å². The van der Waals surface area contributed by atoms with Crippen molar-refractivity contribution < 1.29 is 14.3 Å². The lowest BCUT2D eigenvalue weighted by atomic mass is 10.0. The third-order valence-corrected chi connectivity index (χ3v) is 4.89. The molecule has 1 amide bonds. The van der Waals surface area contributed by atoms with Crippen LogP contribution >= 0.6 is 11.3 Å². The number of carbonyl (C=O) groups excluding carboxylic acids is 2. The SMILES string of the molecule is COc1ccc(C(C)=O)cc1CC(=O)Nc1nc(-c2ccc(C)cc2)cs1. The number of nitrogens with one attached hydrogen (secondary N) is 1. The van der Waals surface area contributed by atoms with Crippen molar-refractivity contribution >= 4 is 28.2 Å². The average molecular weight is 380 g/mol. The molecule has 27 heavy (non-hydrogen) atoms. The number of ketones is 1. The van der Waals surface area contributed by atoms with Gasteiger partial charge in [0.05, 0.1) is 19.2 Å². The Morgan fingerprint density at radius 1 is 1.15 bits per heavy atom. The quantitative estimate of drug-likeness (QED) is 0.639. The number of aryl methyl sites for hydroxylation is 1. The van der Waals surface area contributed by atoms with Gasteiger partial charge in [-0.15, -0.1) is 11.3 Å². The summed E-state index contributed by atoms with van der Waals surface area (Å²) in [6, 6.07) is 13.2. The smallest absolute Gasteiger partial charge is 0.230 e. The van der Waals surface area contributed by atoms with Crippen molar-refractivity contribution in [3.05, 3.63) is 64.5 Å². The molecule has 0 spiro atoms. The Balaban J connectivity index is 1.72. The van der Waals surface area contributed by atoms with Gasteiger partial charge in [0.1, 0.15) is 5.75 Å². The Hall–Kier alpha value is -2.99. The Kier molecular flexibility index (Phi) is 5.66. The zero-order valence-electron chi connectivity index (χ0n) is 15.4. The maximum Gasteiger partial charge on any atom is 0.230 e. The van der Waals surface area contributed by atoms with Gasteiger partial charge in [0, 0.05) is 22.1 Å². The number of Topliss-reactive ketones (excluding diaryl/α,β-unsaturated/α-hetero) is 1. The molecule has 1 aromatic heterocycles. The summed E-state index contributed by atoms with van der Waals surface area (Å²) in [6.07, 6.45) is 0.101. The first kappa shape index (κ1) is 18.8. The molecule has 3 aromatic rings. The molecule has 0 saturated heterocycles. The van der Waals surface area contributed by atoms with Crippen molar-refractivity contribution in [3.63, 3.8) is 0 Å². The molecule has 0 radical (unpaired) electrons. The molecular formula is C21H20N2O3S. The first-order valence-corrected chi connectivity index (χ1v) is 9.34. The standard InChI is InChI=1S/C21H20N2O3S/c1-13-4-6-15(7-5-13)18-12-27-21(22-18)23-20(25)11-17-10-16(14(2)24)8-9-19(17)26-3/h4-10,12H,11H2,1-3H3,(H,22,23,25). The number of aromatic nitrogens is 1. The van der Waals surface area contributed by atoms with E-state index in [0.717, 1.165) is 11.3 Å². The highest BCUT2D eigenvalue weighted by Gasteiger charge is 2.13. The molecule has 1 N–H and O–H groups in total. The average Bonchev–Trinajstić information content (AvgIpc) is 3.10. The summed E-state index contributed by atoms with van der Waals surface area (Å²) >= 11 is 1.38. The van der Waals surface area contributed by atoms with Gasteiger partial charge in [-0.1, -0.05) is 29.8 Å². The molecule has 0 unspecified atom stereocenters. The lowest BCUT2D eigenvalue weighted by Gasteiger charge is -2.09. The molecule has 138 valence electrons. The van der Waals surface area contributed by atoms with E-state index in [-0.39, 0.29) is 18.1 Å². The Morgan fingerprint density at radius 3 is 2.56 bits per heavy atom. The number of carbonyl (C=O) groups is 2. The summed E-state index contributed by atoms with van der Waals surface area (Å²) in [5.74, 6) is 0.315. The summed E-state index contributed by atoms with van der Waals surface area (Å²) in [7, 11) is 1.54. The van der Waals surface area contributed by atoms with Crippen molar-refractivity contribution in [2.75, 3.05) is 12.4 Å². The molecule has 0 atom stereocenters. The predicted molar refractivity (Wildman–Crippen MR) is 108 cm³/mol. The molecular weight excluding hydrogens is 360 g/mol. The van der Waals surface area contributed by atoms with Crippen LogP contribution in [0.4, 0.5) is 5.13 Å².